The molecule has 5 nitrogen and oxygen atoms in total. The summed E-state index contributed by atoms with van der Waals surface area (Å²) < 4.78 is 10.3. The van der Waals surface area contributed by atoms with Gasteiger partial charge in [0, 0.05) is 32.2 Å². The molecule has 1 unspecified atom stereocenters. The zero-order chi connectivity index (χ0) is 13.2. The van der Waals surface area contributed by atoms with E-state index in [1.807, 2.05) is 4.90 Å². The van der Waals surface area contributed by atoms with Crippen LogP contribution in [0, 0.1) is 0 Å². The summed E-state index contributed by atoms with van der Waals surface area (Å²) in [5.41, 5.74) is 0.462. The van der Waals surface area contributed by atoms with E-state index in [1.165, 1.54) is 6.26 Å². The monoisotopic (exact) mass is 284 g/mol. The Labute approximate surface area is 117 Å². The van der Waals surface area contributed by atoms with Crippen LogP contribution >= 0.6 is 11.6 Å². The van der Waals surface area contributed by atoms with Gasteiger partial charge in [-0.2, -0.15) is 0 Å². The molecular weight excluding hydrogens is 268 g/mol. The fourth-order valence-corrected chi connectivity index (χ4v) is 2.98. The zero-order valence-corrected chi connectivity index (χ0v) is 11.4. The van der Waals surface area contributed by atoms with Crippen molar-refractivity contribution in [2.24, 2.45) is 0 Å². The predicted octanol–water partition coefficient (Wildman–Crippen LogP) is 1.48. The predicted molar refractivity (Wildman–Crippen MR) is 70.4 cm³/mol. The Morgan fingerprint density at radius 2 is 2.11 bits per heavy atom. The number of hydrogen-bond donors (Lipinski definition) is 0. The van der Waals surface area contributed by atoms with Crippen molar-refractivity contribution in [2.75, 3.05) is 39.4 Å². The Morgan fingerprint density at radius 3 is 2.79 bits per heavy atom. The third-order valence-electron chi connectivity index (χ3n) is 3.86. The average Bonchev–Trinajstić information content (AvgIpc) is 3.08. The summed E-state index contributed by atoms with van der Waals surface area (Å²) in [5.74, 6) is -0.0329. The molecule has 0 spiro atoms. The van der Waals surface area contributed by atoms with Crippen LogP contribution in [0.15, 0.2) is 16.7 Å². The second-order valence-electron chi connectivity index (χ2n) is 4.95. The second kappa shape index (κ2) is 5.53. The van der Waals surface area contributed by atoms with Gasteiger partial charge >= 0.3 is 0 Å². The van der Waals surface area contributed by atoms with Crippen LogP contribution in [-0.2, 0) is 4.74 Å². The summed E-state index contributed by atoms with van der Waals surface area (Å²) in [6.07, 6.45) is 2.46. The van der Waals surface area contributed by atoms with E-state index in [9.17, 15) is 4.79 Å². The van der Waals surface area contributed by atoms with Crippen LogP contribution in [0.5, 0.6) is 0 Å². The first-order valence-electron chi connectivity index (χ1n) is 6.60. The van der Waals surface area contributed by atoms with Gasteiger partial charge in [0.15, 0.2) is 0 Å². The molecule has 19 heavy (non-hydrogen) atoms. The SMILES string of the molecule is O=C(c1ccoc1Cl)N1CCC(N2CCOCC2)C1. The standard InChI is InChI=1S/C13H17ClN2O3/c14-12-11(2-6-19-12)13(17)16-3-1-10(9-16)15-4-7-18-8-5-15/h2,6,10H,1,3-5,7-9H2. The number of morpholine rings is 1. The first-order chi connectivity index (χ1) is 9.25. The number of amides is 1. The lowest BCUT2D eigenvalue weighted by atomic mass is 10.2. The number of halogens is 1. The summed E-state index contributed by atoms with van der Waals surface area (Å²) in [7, 11) is 0. The highest BCUT2D eigenvalue weighted by atomic mass is 35.5. The molecular formula is C13H17ClN2O3. The van der Waals surface area contributed by atoms with Gasteiger partial charge in [0.1, 0.15) is 0 Å². The van der Waals surface area contributed by atoms with E-state index in [4.69, 9.17) is 20.8 Å². The Kier molecular flexibility index (Phi) is 3.77. The van der Waals surface area contributed by atoms with Crippen LogP contribution in [0.2, 0.25) is 5.22 Å². The van der Waals surface area contributed by atoms with Gasteiger partial charge in [-0.25, -0.2) is 0 Å². The maximum absolute atomic E-state index is 12.3. The third kappa shape index (κ3) is 2.63. The first-order valence-corrected chi connectivity index (χ1v) is 6.97. The van der Waals surface area contributed by atoms with Gasteiger partial charge in [0.2, 0.25) is 5.22 Å². The van der Waals surface area contributed by atoms with Gasteiger partial charge < -0.3 is 14.1 Å². The maximum Gasteiger partial charge on any atom is 0.258 e. The van der Waals surface area contributed by atoms with Crippen molar-refractivity contribution >= 4 is 17.5 Å². The molecule has 3 heterocycles. The van der Waals surface area contributed by atoms with Crippen LogP contribution in [0.3, 0.4) is 0 Å². The molecule has 2 saturated heterocycles. The van der Waals surface area contributed by atoms with Crippen LogP contribution < -0.4 is 0 Å². The van der Waals surface area contributed by atoms with Crippen molar-refractivity contribution < 1.29 is 13.9 Å². The molecule has 1 aromatic heterocycles. The number of carbonyl (C=O) groups is 1. The largest absolute Gasteiger partial charge is 0.452 e. The Morgan fingerprint density at radius 1 is 1.32 bits per heavy atom. The highest BCUT2D eigenvalue weighted by Gasteiger charge is 2.32. The van der Waals surface area contributed by atoms with E-state index in [0.29, 0.717) is 11.6 Å². The molecule has 2 aliphatic heterocycles. The molecule has 0 aromatic carbocycles. The van der Waals surface area contributed by atoms with Gasteiger partial charge in [-0.1, -0.05) is 0 Å². The Hall–Kier alpha value is -1.04. The summed E-state index contributed by atoms with van der Waals surface area (Å²) >= 11 is 5.86. The van der Waals surface area contributed by atoms with Gasteiger partial charge in [0.25, 0.3) is 5.91 Å². The number of furan rings is 1. The number of ether oxygens (including phenoxy) is 1. The Balaban J connectivity index is 1.62. The van der Waals surface area contributed by atoms with E-state index < -0.39 is 0 Å². The molecule has 0 saturated carbocycles. The zero-order valence-electron chi connectivity index (χ0n) is 10.7. The van der Waals surface area contributed by atoms with Crippen molar-refractivity contribution in [3.8, 4) is 0 Å². The van der Waals surface area contributed by atoms with E-state index in [1.54, 1.807) is 6.07 Å². The molecule has 1 atom stereocenters. The molecule has 0 bridgehead atoms. The minimum atomic E-state index is -0.0329. The number of hydrogen-bond acceptors (Lipinski definition) is 4. The number of likely N-dealkylation sites (tertiary alicyclic amines) is 1. The van der Waals surface area contributed by atoms with Crippen LogP contribution in [-0.4, -0.2) is 61.1 Å². The minimum Gasteiger partial charge on any atom is -0.452 e. The highest BCUT2D eigenvalue weighted by molar-refractivity contribution is 6.32. The summed E-state index contributed by atoms with van der Waals surface area (Å²) in [6, 6.07) is 2.07. The molecule has 6 heteroatoms. The summed E-state index contributed by atoms with van der Waals surface area (Å²) in [5, 5.41) is 0.180. The van der Waals surface area contributed by atoms with E-state index in [-0.39, 0.29) is 11.1 Å². The fraction of sp³-hybridized carbons (Fsp3) is 0.615. The lowest BCUT2D eigenvalue weighted by molar-refractivity contribution is 0.0185. The highest BCUT2D eigenvalue weighted by Crippen LogP contribution is 2.23. The van der Waals surface area contributed by atoms with E-state index in [0.717, 1.165) is 45.8 Å². The maximum atomic E-state index is 12.3. The van der Waals surface area contributed by atoms with Gasteiger partial charge in [0.05, 0.1) is 25.0 Å². The number of carbonyl (C=O) groups excluding carboxylic acids is 1. The molecule has 3 rings (SSSR count). The van der Waals surface area contributed by atoms with Crippen molar-refractivity contribution in [3.63, 3.8) is 0 Å². The number of nitrogens with zero attached hydrogens (tertiary/aromatic N) is 2. The third-order valence-corrected chi connectivity index (χ3v) is 4.15. The molecule has 2 aliphatic rings. The fourth-order valence-electron chi connectivity index (χ4n) is 2.78. The lowest BCUT2D eigenvalue weighted by Crippen LogP contribution is -2.45. The topological polar surface area (TPSA) is 45.9 Å². The molecule has 1 aromatic rings. The van der Waals surface area contributed by atoms with Crippen molar-refractivity contribution in [3.05, 3.63) is 23.1 Å². The molecule has 2 fully saturated rings. The lowest BCUT2D eigenvalue weighted by Gasteiger charge is -2.32. The average molecular weight is 285 g/mol. The van der Waals surface area contributed by atoms with Gasteiger partial charge in [-0.15, -0.1) is 0 Å². The smallest absolute Gasteiger partial charge is 0.258 e. The van der Waals surface area contributed by atoms with Crippen molar-refractivity contribution in [2.45, 2.75) is 12.5 Å². The van der Waals surface area contributed by atoms with E-state index >= 15 is 0 Å². The summed E-state index contributed by atoms with van der Waals surface area (Å²) in [4.78, 5) is 16.6. The van der Waals surface area contributed by atoms with Crippen molar-refractivity contribution in [1.82, 2.24) is 9.80 Å². The van der Waals surface area contributed by atoms with E-state index in [2.05, 4.69) is 4.90 Å². The Bertz CT molecular complexity index is 456. The van der Waals surface area contributed by atoms with Crippen LogP contribution in [0.25, 0.3) is 0 Å². The van der Waals surface area contributed by atoms with Crippen molar-refractivity contribution in [1.29, 1.82) is 0 Å². The molecule has 1 amide bonds. The molecule has 0 radical (unpaired) electrons. The molecule has 0 N–H and O–H groups in total. The molecule has 104 valence electrons. The number of rotatable bonds is 2. The van der Waals surface area contributed by atoms with Gasteiger partial charge in [-0.3, -0.25) is 9.69 Å². The minimum absolute atomic E-state index is 0.0329. The quantitative estimate of drug-likeness (QED) is 0.825. The first kappa shape index (κ1) is 13.0. The van der Waals surface area contributed by atoms with Crippen LogP contribution in [0.1, 0.15) is 16.8 Å². The normalized spacial score (nSPS) is 24.9. The second-order valence-corrected chi connectivity index (χ2v) is 5.29. The van der Waals surface area contributed by atoms with Gasteiger partial charge in [-0.05, 0) is 24.1 Å². The van der Waals surface area contributed by atoms with Crippen LogP contribution in [0.4, 0.5) is 0 Å². The summed E-state index contributed by atoms with van der Waals surface area (Å²) in [6.45, 7) is 5.04. The molecule has 0 aliphatic carbocycles.